The maximum absolute atomic E-state index is 12.3. The number of carbonyl (C=O) groups is 2. The fraction of sp³-hybridized carbons (Fsp3) is 0.286. The Morgan fingerprint density at radius 1 is 1.15 bits per heavy atom. The van der Waals surface area contributed by atoms with Crippen LogP contribution in [-0.4, -0.2) is 23.6 Å². The highest BCUT2D eigenvalue weighted by Crippen LogP contribution is 2.31. The van der Waals surface area contributed by atoms with E-state index >= 15 is 0 Å². The summed E-state index contributed by atoms with van der Waals surface area (Å²) < 4.78 is 5.61. The Balaban J connectivity index is 1.75. The number of fused-ring (bicyclic) bond motifs is 1. The normalized spacial score (nSPS) is 21.6. The summed E-state index contributed by atoms with van der Waals surface area (Å²) in [7, 11) is 0. The van der Waals surface area contributed by atoms with E-state index in [0.29, 0.717) is 11.5 Å². The van der Waals surface area contributed by atoms with E-state index in [1.54, 1.807) is 31.2 Å². The third kappa shape index (κ3) is 3.99. The van der Waals surface area contributed by atoms with Crippen LogP contribution in [0.5, 0.6) is 5.75 Å². The van der Waals surface area contributed by atoms with Gasteiger partial charge in [-0.25, -0.2) is 4.99 Å². The quantitative estimate of drug-likeness (QED) is 0.907. The van der Waals surface area contributed by atoms with E-state index in [1.165, 1.54) is 0 Å². The molecule has 2 amide bonds. The summed E-state index contributed by atoms with van der Waals surface area (Å²) in [5.74, 6) is 0.402. The van der Waals surface area contributed by atoms with Crippen molar-refractivity contribution in [1.82, 2.24) is 5.32 Å². The van der Waals surface area contributed by atoms with Crippen LogP contribution >= 0.6 is 0 Å². The topological polar surface area (TPSA) is 67.8 Å². The lowest BCUT2D eigenvalue weighted by Crippen LogP contribution is -2.34. The number of carbonyl (C=O) groups excluding carboxylic acids is 2. The van der Waals surface area contributed by atoms with E-state index < -0.39 is 6.10 Å². The number of aliphatic imine (C=N–C) groups is 1. The second-order valence-electron chi connectivity index (χ2n) is 6.67. The Labute approximate surface area is 153 Å². The fourth-order valence-electron chi connectivity index (χ4n) is 2.99. The van der Waals surface area contributed by atoms with E-state index in [9.17, 15) is 9.59 Å². The highest BCUT2D eigenvalue weighted by atomic mass is 16.5. The number of hydrogen-bond donors (Lipinski definition) is 1. The highest BCUT2D eigenvalue weighted by molar-refractivity contribution is 6.11. The zero-order valence-corrected chi connectivity index (χ0v) is 15.1. The number of ether oxygens (including phenoxy) is 1. The SMILES string of the molecule is CC(C)C1=CC(=O)NC2=CC(=NC(=O)C(C)Oc3ccccc3)C=CC21. The summed E-state index contributed by atoms with van der Waals surface area (Å²) >= 11 is 0. The van der Waals surface area contributed by atoms with Gasteiger partial charge in [-0.3, -0.25) is 9.59 Å². The predicted molar refractivity (Wildman–Crippen MR) is 101 cm³/mol. The summed E-state index contributed by atoms with van der Waals surface area (Å²) in [6, 6.07) is 9.16. The molecule has 1 aromatic rings. The molecule has 5 heteroatoms. The number of rotatable bonds is 4. The van der Waals surface area contributed by atoms with Crippen LogP contribution in [0.25, 0.3) is 0 Å². The lowest BCUT2D eigenvalue weighted by Gasteiger charge is -2.29. The summed E-state index contributed by atoms with van der Waals surface area (Å²) in [4.78, 5) is 28.4. The van der Waals surface area contributed by atoms with Crippen LogP contribution in [0.3, 0.4) is 0 Å². The van der Waals surface area contributed by atoms with Crippen molar-refractivity contribution in [3.05, 3.63) is 65.9 Å². The molecule has 1 aliphatic carbocycles. The molecule has 0 radical (unpaired) electrons. The first-order chi connectivity index (χ1) is 12.4. The molecule has 1 aromatic carbocycles. The average molecular weight is 350 g/mol. The van der Waals surface area contributed by atoms with Crippen LogP contribution in [0, 0.1) is 11.8 Å². The number of nitrogens with zero attached hydrogens (tertiary/aromatic N) is 1. The molecule has 5 nitrogen and oxygen atoms in total. The van der Waals surface area contributed by atoms with Gasteiger partial charge in [-0.2, -0.15) is 0 Å². The summed E-state index contributed by atoms with van der Waals surface area (Å²) in [5.41, 5.74) is 2.32. The standard InChI is InChI=1S/C21H22N2O3/c1-13(2)18-12-20(24)23-19-11-15(9-10-17(18)19)22-21(25)14(3)26-16-7-5-4-6-8-16/h4-14,17H,1-3H3,(H,23,24). The van der Waals surface area contributed by atoms with Crippen LogP contribution in [0.15, 0.2) is 70.9 Å². The second kappa shape index (κ2) is 7.52. The molecule has 1 N–H and O–H groups in total. The van der Waals surface area contributed by atoms with Gasteiger partial charge in [0.25, 0.3) is 5.91 Å². The molecule has 26 heavy (non-hydrogen) atoms. The van der Waals surface area contributed by atoms with Gasteiger partial charge in [-0.05, 0) is 42.7 Å². The highest BCUT2D eigenvalue weighted by Gasteiger charge is 2.28. The molecule has 134 valence electrons. The molecule has 0 aromatic heterocycles. The molecule has 0 fully saturated rings. The number of allylic oxidation sites excluding steroid dienone is 3. The minimum Gasteiger partial charge on any atom is -0.481 e. The Morgan fingerprint density at radius 3 is 2.58 bits per heavy atom. The molecular formula is C21H22N2O3. The summed E-state index contributed by atoms with van der Waals surface area (Å²) in [6.45, 7) is 5.79. The summed E-state index contributed by atoms with van der Waals surface area (Å²) in [5, 5.41) is 2.85. The number of nitrogens with one attached hydrogen (secondary N) is 1. The lowest BCUT2D eigenvalue weighted by molar-refractivity contribution is -0.123. The van der Waals surface area contributed by atoms with Gasteiger partial charge in [0.05, 0.1) is 5.71 Å². The van der Waals surface area contributed by atoms with E-state index in [4.69, 9.17) is 4.74 Å². The molecule has 2 unspecified atom stereocenters. The molecule has 3 rings (SSSR count). The maximum Gasteiger partial charge on any atom is 0.286 e. The van der Waals surface area contributed by atoms with Gasteiger partial charge >= 0.3 is 0 Å². The Bertz CT molecular complexity index is 832. The second-order valence-corrected chi connectivity index (χ2v) is 6.67. The Hall–Kier alpha value is -2.95. The van der Waals surface area contributed by atoms with Gasteiger partial charge in [0, 0.05) is 17.7 Å². The predicted octanol–water partition coefficient (Wildman–Crippen LogP) is 3.20. The molecule has 0 spiro atoms. The number of para-hydroxylation sites is 1. The van der Waals surface area contributed by atoms with Crippen molar-refractivity contribution < 1.29 is 14.3 Å². The van der Waals surface area contributed by atoms with Gasteiger partial charge < -0.3 is 10.1 Å². The van der Waals surface area contributed by atoms with Gasteiger partial charge in [-0.1, -0.05) is 38.1 Å². The number of benzene rings is 1. The van der Waals surface area contributed by atoms with Gasteiger partial charge in [0.15, 0.2) is 6.10 Å². The van der Waals surface area contributed by atoms with Gasteiger partial charge in [-0.15, -0.1) is 0 Å². The third-order valence-corrected chi connectivity index (χ3v) is 4.33. The molecule has 0 saturated heterocycles. The minimum atomic E-state index is -0.693. The van der Waals surface area contributed by atoms with Crippen molar-refractivity contribution in [3.8, 4) is 5.75 Å². The largest absolute Gasteiger partial charge is 0.481 e. The average Bonchev–Trinajstić information content (AvgIpc) is 2.61. The first-order valence-corrected chi connectivity index (χ1v) is 8.70. The zero-order valence-electron chi connectivity index (χ0n) is 15.1. The lowest BCUT2D eigenvalue weighted by atomic mass is 9.82. The maximum atomic E-state index is 12.3. The van der Waals surface area contributed by atoms with Crippen molar-refractivity contribution in [2.45, 2.75) is 26.9 Å². The van der Waals surface area contributed by atoms with E-state index in [2.05, 4.69) is 24.2 Å². The van der Waals surface area contributed by atoms with Crippen molar-refractivity contribution >= 4 is 17.5 Å². The monoisotopic (exact) mass is 350 g/mol. The molecule has 2 aliphatic rings. The van der Waals surface area contributed by atoms with Crippen LogP contribution in [-0.2, 0) is 9.59 Å². The van der Waals surface area contributed by atoms with Crippen molar-refractivity contribution in [2.24, 2.45) is 16.8 Å². The van der Waals surface area contributed by atoms with Crippen molar-refractivity contribution in [3.63, 3.8) is 0 Å². The van der Waals surface area contributed by atoms with Crippen LogP contribution < -0.4 is 10.1 Å². The summed E-state index contributed by atoms with van der Waals surface area (Å²) in [6.07, 6.45) is 6.50. The minimum absolute atomic E-state index is 0.0275. The smallest absolute Gasteiger partial charge is 0.286 e. The molecule has 1 heterocycles. The van der Waals surface area contributed by atoms with Gasteiger partial charge in [0.2, 0.25) is 5.91 Å². The number of amides is 2. The third-order valence-electron chi connectivity index (χ3n) is 4.33. The number of hydrogen-bond acceptors (Lipinski definition) is 3. The fourth-order valence-corrected chi connectivity index (χ4v) is 2.99. The molecule has 2 atom stereocenters. The van der Waals surface area contributed by atoms with Crippen molar-refractivity contribution in [1.29, 1.82) is 0 Å². The molecule has 0 bridgehead atoms. The van der Waals surface area contributed by atoms with E-state index in [0.717, 1.165) is 11.3 Å². The molecule has 0 saturated carbocycles. The molecular weight excluding hydrogens is 328 g/mol. The van der Waals surface area contributed by atoms with Crippen LogP contribution in [0.1, 0.15) is 20.8 Å². The first kappa shape index (κ1) is 17.9. The van der Waals surface area contributed by atoms with E-state index in [-0.39, 0.29) is 23.7 Å². The van der Waals surface area contributed by atoms with Crippen molar-refractivity contribution in [2.75, 3.05) is 0 Å². The first-order valence-electron chi connectivity index (χ1n) is 8.70. The van der Waals surface area contributed by atoms with Crippen LogP contribution in [0.4, 0.5) is 0 Å². The Morgan fingerprint density at radius 2 is 1.88 bits per heavy atom. The molecule has 1 aliphatic heterocycles. The van der Waals surface area contributed by atoms with Gasteiger partial charge in [0.1, 0.15) is 5.75 Å². The Kier molecular flexibility index (Phi) is 5.16. The van der Waals surface area contributed by atoms with Crippen LogP contribution in [0.2, 0.25) is 0 Å². The van der Waals surface area contributed by atoms with E-state index in [1.807, 2.05) is 30.4 Å². The zero-order chi connectivity index (χ0) is 18.7.